The average Bonchev–Trinajstić information content (AvgIpc) is 2.33. The first-order chi connectivity index (χ1) is 8.08. The molecule has 2 rings (SSSR count). The Bertz CT molecular complexity index is 307. The van der Waals surface area contributed by atoms with Crippen molar-refractivity contribution in [2.45, 2.75) is 33.1 Å². The van der Waals surface area contributed by atoms with Crippen LogP contribution in [0.1, 0.15) is 33.1 Å². The second-order valence-electron chi connectivity index (χ2n) is 5.57. The van der Waals surface area contributed by atoms with Gasteiger partial charge in [0.15, 0.2) is 0 Å². The fourth-order valence-corrected chi connectivity index (χ4v) is 2.66. The molecule has 4 heteroatoms. The van der Waals surface area contributed by atoms with Gasteiger partial charge in [0.05, 0.1) is 5.92 Å². The molecular weight excluding hydrogens is 216 g/mol. The maximum atomic E-state index is 12.3. The minimum atomic E-state index is 0.00769. The third kappa shape index (κ3) is 2.79. The van der Waals surface area contributed by atoms with E-state index in [1.54, 1.807) is 0 Å². The predicted molar refractivity (Wildman–Crippen MR) is 65.3 cm³/mol. The lowest BCUT2D eigenvalue weighted by atomic mass is 9.87. The zero-order chi connectivity index (χ0) is 12.4. The molecule has 3 unspecified atom stereocenters. The van der Waals surface area contributed by atoms with Gasteiger partial charge in [-0.25, -0.2) is 0 Å². The Hall–Kier alpha value is -1.06. The van der Waals surface area contributed by atoms with Gasteiger partial charge in [0.25, 0.3) is 0 Å². The van der Waals surface area contributed by atoms with E-state index >= 15 is 0 Å². The zero-order valence-electron chi connectivity index (χ0n) is 10.7. The monoisotopic (exact) mass is 238 g/mol. The van der Waals surface area contributed by atoms with Gasteiger partial charge in [0.1, 0.15) is 0 Å². The van der Waals surface area contributed by atoms with E-state index in [1.165, 1.54) is 0 Å². The first-order valence-electron chi connectivity index (χ1n) is 6.63. The van der Waals surface area contributed by atoms with Crippen LogP contribution >= 0.6 is 0 Å². The van der Waals surface area contributed by atoms with Crippen LogP contribution in [-0.4, -0.2) is 36.3 Å². The van der Waals surface area contributed by atoms with Crippen LogP contribution in [0.3, 0.4) is 0 Å². The number of carbonyl (C=O) groups excluding carboxylic acids is 2. The molecule has 1 N–H and O–H groups in total. The summed E-state index contributed by atoms with van der Waals surface area (Å²) in [6, 6.07) is 0. The number of carbonyl (C=O) groups is 2. The quantitative estimate of drug-likeness (QED) is 0.741. The van der Waals surface area contributed by atoms with E-state index in [4.69, 9.17) is 0 Å². The highest BCUT2D eigenvalue weighted by molar-refractivity contribution is 5.83. The van der Waals surface area contributed by atoms with Gasteiger partial charge in [0.2, 0.25) is 11.8 Å². The Morgan fingerprint density at radius 1 is 1.29 bits per heavy atom. The maximum absolute atomic E-state index is 12.3. The minimum Gasteiger partial charge on any atom is -0.355 e. The molecule has 0 bridgehead atoms. The van der Waals surface area contributed by atoms with Crippen molar-refractivity contribution in [2.75, 3.05) is 19.6 Å². The van der Waals surface area contributed by atoms with Crippen LogP contribution in [0.4, 0.5) is 0 Å². The van der Waals surface area contributed by atoms with Crippen LogP contribution in [0.25, 0.3) is 0 Å². The lowest BCUT2D eigenvalue weighted by molar-refractivity contribution is -0.139. The molecular formula is C13H22N2O2. The Labute approximate surface area is 103 Å². The van der Waals surface area contributed by atoms with Crippen LogP contribution in [0.15, 0.2) is 0 Å². The van der Waals surface area contributed by atoms with Crippen molar-refractivity contribution in [3.63, 3.8) is 0 Å². The first-order valence-corrected chi connectivity index (χ1v) is 6.63. The van der Waals surface area contributed by atoms with E-state index in [-0.39, 0.29) is 17.7 Å². The highest BCUT2D eigenvalue weighted by atomic mass is 16.2. The summed E-state index contributed by atoms with van der Waals surface area (Å²) in [6.07, 6.45) is 2.31. The summed E-state index contributed by atoms with van der Waals surface area (Å²) in [5.41, 5.74) is 0. The number of rotatable bonds is 1. The normalized spacial score (nSPS) is 34.4. The van der Waals surface area contributed by atoms with E-state index < -0.39 is 0 Å². The number of piperidine rings is 2. The molecule has 0 radical (unpaired) electrons. The predicted octanol–water partition coefficient (Wildman–Crippen LogP) is 1.02. The van der Waals surface area contributed by atoms with Gasteiger partial charge >= 0.3 is 0 Å². The number of hydrogen-bond acceptors (Lipinski definition) is 2. The van der Waals surface area contributed by atoms with Gasteiger partial charge in [-0.3, -0.25) is 9.59 Å². The summed E-state index contributed by atoms with van der Waals surface area (Å²) in [5, 5.41) is 2.79. The molecule has 2 heterocycles. The molecule has 0 aromatic heterocycles. The molecule has 2 amide bonds. The van der Waals surface area contributed by atoms with Gasteiger partial charge in [-0.2, -0.15) is 0 Å². The van der Waals surface area contributed by atoms with Crippen molar-refractivity contribution < 1.29 is 9.59 Å². The van der Waals surface area contributed by atoms with Crippen molar-refractivity contribution >= 4 is 11.8 Å². The standard InChI is InChI=1S/C13H22N2O2/c1-9-5-6-15(8-10(9)2)13(17)11-3-4-12(16)14-7-11/h9-11H,3-8H2,1-2H3,(H,14,16). The number of amides is 2. The Morgan fingerprint density at radius 3 is 2.65 bits per heavy atom. The zero-order valence-corrected chi connectivity index (χ0v) is 10.7. The third-order valence-corrected chi connectivity index (χ3v) is 4.26. The molecule has 0 aromatic rings. The summed E-state index contributed by atoms with van der Waals surface area (Å²) < 4.78 is 0. The SMILES string of the molecule is CC1CCN(C(=O)C2CCC(=O)NC2)CC1C. The van der Waals surface area contributed by atoms with Crippen LogP contribution in [0.2, 0.25) is 0 Å². The number of nitrogens with zero attached hydrogens (tertiary/aromatic N) is 1. The van der Waals surface area contributed by atoms with Gasteiger partial charge in [-0.15, -0.1) is 0 Å². The minimum absolute atomic E-state index is 0.00769. The second-order valence-corrected chi connectivity index (χ2v) is 5.57. The van der Waals surface area contributed by atoms with E-state index in [2.05, 4.69) is 19.2 Å². The molecule has 4 nitrogen and oxygen atoms in total. The summed E-state index contributed by atoms with van der Waals surface area (Å²) in [7, 11) is 0. The Morgan fingerprint density at radius 2 is 2.06 bits per heavy atom. The molecule has 0 aromatic carbocycles. The molecule has 3 atom stereocenters. The molecule has 0 aliphatic carbocycles. The first kappa shape index (κ1) is 12.4. The average molecular weight is 238 g/mol. The molecule has 2 fully saturated rings. The van der Waals surface area contributed by atoms with Crippen LogP contribution in [-0.2, 0) is 9.59 Å². The topological polar surface area (TPSA) is 49.4 Å². The smallest absolute Gasteiger partial charge is 0.227 e. The van der Waals surface area contributed by atoms with Gasteiger partial charge in [-0.1, -0.05) is 13.8 Å². The summed E-state index contributed by atoms with van der Waals surface area (Å²) in [4.78, 5) is 25.3. The maximum Gasteiger partial charge on any atom is 0.227 e. The highest BCUT2D eigenvalue weighted by Gasteiger charge is 2.32. The van der Waals surface area contributed by atoms with Crippen molar-refractivity contribution in [2.24, 2.45) is 17.8 Å². The van der Waals surface area contributed by atoms with Gasteiger partial charge < -0.3 is 10.2 Å². The summed E-state index contributed by atoms with van der Waals surface area (Å²) in [6.45, 7) is 6.76. The number of nitrogens with one attached hydrogen (secondary N) is 1. The Balaban J connectivity index is 1.89. The summed E-state index contributed by atoms with van der Waals surface area (Å²) in [5.74, 6) is 1.63. The second kappa shape index (κ2) is 5.07. The molecule has 96 valence electrons. The van der Waals surface area contributed by atoms with Crippen LogP contribution in [0.5, 0.6) is 0 Å². The Kier molecular flexibility index (Phi) is 3.69. The van der Waals surface area contributed by atoms with Crippen molar-refractivity contribution in [3.8, 4) is 0 Å². The highest BCUT2D eigenvalue weighted by Crippen LogP contribution is 2.24. The van der Waals surface area contributed by atoms with E-state index in [1.807, 2.05) is 4.90 Å². The fourth-order valence-electron chi connectivity index (χ4n) is 2.66. The van der Waals surface area contributed by atoms with Gasteiger partial charge in [-0.05, 0) is 24.7 Å². The lowest BCUT2D eigenvalue weighted by Gasteiger charge is -2.37. The fraction of sp³-hybridized carbons (Fsp3) is 0.846. The number of likely N-dealkylation sites (tertiary alicyclic amines) is 1. The molecule has 17 heavy (non-hydrogen) atoms. The number of hydrogen-bond donors (Lipinski definition) is 1. The molecule has 0 spiro atoms. The summed E-state index contributed by atoms with van der Waals surface area (Å²) >= 11 is 0. The molecule has 0 saturated carbocycles. The molecule has 2 aliphatic rings. The lowest BCUT2D eigenvalue weighted by Crippen LogP contribution is -2.49. The van der Waals surface area contributed by atoms with Crippen LogP contribution in [0, 0.1) is 17.8 Å². The van der Waals surface area contributed by atoms with E-state index in [9.17, 15) is 9.59 Å². The molecule has 2 aliphatic heterocycles. The van der Waals surface area contributed by atoms with Gasteiger partial charge in [0, 0.05) is 26.1 Å². The van der Waals surface area contributed by atoms with Crippen molar-refractivity contribution in [3.05, 3.63) is 0 Å². The van der Waals surface area contributed by atoms with Crippen molar-refractivity contribution in [1.29, 1.82) is 0 Å². The van der Waals surface area contributed by atoms with E-state index in [0.29, 0.717) is 31.2 Å². The van der Waals surface area contributed by atoms with Crippen LogP contribution < -0.4 is 5.32 Å². The third-order valence-electron chi connectivity index (χ3n) is 4.26. The van der Waals surface area contributed by atoms with Crippen molar-refractivity contribution in [1.82, 2.24) is 10.2 Å². The molecule has 2 saturated heterocycles. The largest absolute Gasteiger partial charge is 0.355 e. The van der Waals surface area contributed by atoms with E-state index in [0.717, 1.165) is 19.5 Å².